The molecule has 0 spiro atoms. The Balaban J connectivity index is 1.45. The summed E-state index contributed by atoms with van der Waals surface area (Å²) in [6.45, 7) is 0.556. The maximum absolute atomic E-state index is 13.8. The Morgan fingerprint density at radius 1 is 1.27 bits per heavy atom. The number of nitrogens with zero attached hydrogens (tertiary/aromatic N) is 2. The maximum atomic E-state index is 13.8. The van der Waals surface area contributed by atoms with E-state index in [0.717, 1.165) is 25.6 Å². The fraction of sp³-hybridized carbons (Fsp3) is 0.176. The summed E-state index contributed by atoms with van der Waals surface area (Å²) in [5.41, 5.74) is 2.46. The molecule has 0 saturated carbocycles. The molecule has 0 amide bonds. The highest BCUT2D eigenvalue weighted by Gasteiger charge is 2.17. The van der Waals surface area contributed by atoms with Gasteiger partial charge in [-0.15, -0.1) is 10.2 Å². The molecule has 2 aromatic carbocycles. The van der Waals surface area contributed by atoms with Crippen molar-refractivity contribution in [2.75, 3.05) is 12.1 Å². The molecule has 0 radical (unpaired) electrons. The number of benzene rings is 2. The normalized spacial score (nSPS) is 13.2. The summed E-state index contributed by atoms with van der Waals surface area (Å²) < 4.78 is 26.3. The van der Waals surface area contributed by atoms with E-state index in [2.05, 4.69) is 31.4 Å². The van der Waals surface area contributed by atoms with Crippen LogP contribution in [0, 0.1) is 5.82 Å². The van der Waals surface area contributed by atoms with Crippen LogP contribution < -0.4 is 10.1 Å². The molecular weight excluding hydrogens is 441 g/mol. The molecule has 26 heavy (non-hydrogen) atoms. The van der Waals surface area contributed by atoms with Gasteiger partial charge in [-0.25, -0.2) is 4.39 Å². The van der Waals surface area contributed by atoms with Gasteiger partial charge in [0.1, 0.15) is 11.6 Å². The van der Waals surface area contributed by atoms with Crippen molar-refractivity contribution in [3.05, 3.63) is 57.8 Å². The predicted molar refractivity (Wildman–Crippen MR) is 104 cm³/mol. The Kier molecular flexibility index (Phi) is 5.39. The van der Waals surface area contributed by atoms with Crippen molar-refractivity contribution in [3.63, 3.8) is 0 Å². The number of ether oxygens (including phenoxy) is 2. The molecule has 1 N–H and O–H groups in total. The van der Waals surface area contributed by atoms with Gasteiger partial charge in [0.05, 0.1) is 6.61 Å². The minimum Gasteiger partial charge on any atom is -0.467 e. The van der Waals surface area contributed by atoms with Crippen LogP contribution in [-0.4, -0.2) is 17.0 Å². The van der Waals surface area contributed by atoms with E-state index in [1.54, 1.807) is 0 Å². The van der Waals surface area contributed by atoms with Crippen molar-refractivity contribution in [2.45, 2.75) is 16.7 Å². The maximum Gasteiger partial charge on any atom is 0.210 e. The van der Waals surface area contributed by atoms with Gasteiger partial charge in [-0.2, -0.15) is 0 Å². The first kappa shape index (κ1) is 17.7. The summed E-state index contributed by atoms with van der Waals surface area (Å²) in [4.78, 5) is 0. The van der Waals surface area contributed by atoms with Gasteiger partial charge >= 0.3 is 0 Å². The molecule has 0 bridgehead atoms. The van der Waals surface area contributed by atoms with E-state index in [-0.39, 0.29) is 12.6 Å². The van der Waals surface area contributed by atoms with Crippen molar-refractivity contribution in [3.8, 4) is 5.75 Å². The van der Waals surface area contributed by atoms with Gasteiger partial charge in [-0.1, -0.05) is 45.1 Å². The first-order valence-electron chi connectivity index (χ1n) is 7.68. The van der Waals surface area contributed by atoms with Crippen LogP contribution in [0.1, 0.15) is 11.1 Å². The summed E-state index contributed by atoms with van der Waals surface area (Å²) >= 11 is 6.39. The van der Waals surface area contributed by atoms with E-state index in [9.17, 15) is 4.39 Å². The summed E-state index contributed by atoms with van der Waals surface area (Å²) in [6.07, 6.45) is 0. The van der Waals surface area contributed by atoms with Crippen LogP contribution in [0.3, 0.4) is 0 Å². The van der Waals surface area contributed by atoms with Gasteiger partial charge < -0.3 is 14.8 Å². The number of hydrogen-bond donors (Lipinski definition) is 1. The number of anilines is 2. The lowest BCUT2D eigenvalue weighted by atomic mass is 10.1. The zero-order chi connectivity index (χ0) is 17.9. The van der Waals surface area contributed by atoms with E-state index >= 15 is 0 Å². The largest absolute Gasteiger partial charge is 0.467 e. The van der Waals surface area contributed by atoms with Gasteiger partial charge in [0.2, 0.25) is 5.13 Å². The fourth-order valence-corrected chi connectivity index (χ4v) is 4.65. The smallest absolute Gasteiger partial charge is 0.210 e. The first-order valence-corrected chi connectivity index (χ1v) is 10.3. The molecule has 5 nitrogen and oxygen atoms in total. The number of hydrogen-bond acceptors (Lipinski definition) is 7. The van der Waals surface area contributed by atoms with E-state index < -0.39 is 0 Å². The molecule has 1 aliphatic rings. The molecule has 1 aliphatic heterocycles. The minimum absolute atomic E-state index is 0.190. The first-order chi connectivity index (χ1) is 12.7. The lowest BCUT2D eigenvalue weighted by Gasteiger charge is -2.20. The highest BCUT2D eigenvalue weighted by atomic mass is 79.9. The summed E-state index contributed by atoms with van der Waals surface area (Å²) in [7, 11) is 0. The Hall–Kier alpha value is -1.68. The molecule has 3 aromatic rings. The van der Waals surface area contributed by atoms with Gasteiger partial charge in [0, 0.05) is 27.0 Å². The number of nitrogens with one attached hydrogen (secondary N) is 1. The summed E-state index contributed by atoms with van der Waals surface area (Å²) in [6, 6.07) is 10.8. The van der Waals surface area contributed by atoms with Crippen LogP contribution in [-0.2, 0) is 17.1 Å². The van der Waals surface area contributed by atoms with Crippen molar-refractivity contribution < 1.29 is 13.9 Å². The second-order valence-electron chi connectivity index (χ2n) is 5.46. The van der Waals surface area contributed by atoms with Crippen molar-refractivity contribution >= 4 is 49.8 Å². The van der Waals surface area contributed by atoms with Crippen molar-refractivity contribution in [1.82, 2.24) is 10.2 Å². The number of rotatable bonds is 5. The lowest BCUT2D eigenvalue weighted by Crippen LogP contribution is -2.13. The number of thioether (sulfide) groups is 1. The molecule has 9 heteroatoms. The lowest BCUT2D eigenvalue weighted by molar-refractivity contribution is -0.0171. The zero-order valence-corrected chi connectivity index (χ0v) is 16.6. The standard InChI is InChI=1S/C17H13BrFN3O2S2/c18-12-2-1-3-14(6-12)20-16-21-22-17(26-16)25-8-11-5-13(19)4-10-7-23-9-24-15(10)11/h1-6H,7-9H2,(H,20,21). The van der Waals surface area contributed by atoms with Crippen molar-refractivity contribution in [2.24, 2.45) is 0 Å². The van der Waals surface area contributed by atoms with Crippen molar-refractivity contribution in [1.29, 1.82) is 0 Å². The molecule has 0 atom stereocenters. The fourth-order valence-electron chi connectivity index (χ4n) is 2.51. The third kappa shape index (κ3) is 4.17. The average Bonchev–Trinajstić information content (AvgIpc) is 3.07. The van der Waals surface area contributed by atoms with E-state index in [0.29, 0.717) is 23.2 Å². The quantitative estimate of drug-likeness (QED) is 0.526. The number of fused-ring (bicyclic) bond motifs is 1. The Morgan fingerprint density at radius 3 is 3.08 bits per heavy atom. The number of halogens is 2. The van der Waals surface area contributed by atoms with Gasteiger partial charge in [-0.3, -0.25) is 0 Å². The highest BCUT2D eigenvalue weighted by molar-refractivity contribution is 9.10. The van der Waals surface area contributed by atoms with Crippen LogP contribution in [0.5, 0.6) is 5.75 Å². The second kappa shape index (κ2) is 7.91. The SMILES string of the molecule is Fc1cc2c(c(CSc3nnc(Nc4cccc(Br)c4)s3)c1)OCOC2. The van der Waals surface area contributed by atoms with Gasteiger partial charge in [0.15, 0.2) is 11.1 Å². The molecule has 0 fully saturated rings. The minimum atomic E-state index is -0.289. The molecule has 0 unspecified atom stereocenters. The molecule has 0 aliphatic carbocycles. The zero-order valence-electron chi connectivity index (χ0n) is 13.4. The number of aromatic nitrogens is 2. The average molecular weight is 454 g/mol. The molecule has 4 rings (SSSR count). The third-order valence-electron chi connectivity index (χ3n) is 3.59. The Labute approximate surface area is 166 Å². The molecule has 1 aromatic heterocycles. The summed E-state index contributed by atoms with van der Waals surface area (Å²) in [5, 5.41) is 12.3. The molecular formula is C17H13BrFN3O2S2. The molecule has 2 heterocycles. The molecule has 134 valence electrons. The highest BCUT2D eigenvalue weighted by Crippen LogP contribution is 2.35. The van der Waals surface area contributed by atoms with Crippen LogP contribution in [0.4, 0.5) is 15.2 Å². The monoisotopic (exact) mass is 453 g/mol. The van der Waals surface area contributed by atoms with E-state index in [1.807, 2.05) is 24.3 Å². The van der Waals surface area contributed by atoms with E-state index in [4.69, 9.17) is 9.47 Å². The van der Waals surface area contributed by atoms with E-state index in [1.165, 1.54) is 35.2 Å². The van der Waals surface area contributed by atoms with Gasteiger partial charge in [-0.05, 0) is 30.3 Å². The Morgan fingerprint density at radius 2 is 2.19 bits per heavy atom. The Bertz CT molecular complexity index is 938. The topological polar surface area (TPSA) is 56.3 Å². The second-order valence-corrected chi connectivity index (χ2v) is 8.58. The van der Waals surface area contributed by atoms with Crippen LogP contribution in [0.25, 0.3) is 0 Å². The third-order valence-corrected chi connectivity index (χ3v) is 6.10. The van der Waals surface area contributed by atoms with Crippen LogP contribution in [0.15, 0.2) is 45.2 Å². The van der Waals surface area contributed by atoms with Crippen LogP contribution >= 0.6 is 39.0 Å². The van der Waals surface area contributed by atoms with Crippen LogP contribution in [0.2, 0.25) is 0 Å². The van der Waals surface area contributed by atoms with Gasteiger partial charge in [0.25, 0.3) is 0 Å². The molecule has 0 saturated heterocycles. The summed E-state index contributed by atoms with van der Waals surface area (Å²) in [5.74, 6) is 0.968. The predicted octanol–water partition coefficient (Wildman–Crippen LogP) is 5.34.